The van der Waals surface area contributed by atoms with Crippen LogP contribution in [0.3, 0.4) is 0 Å². The maximum atomic E-state index is 5.39. The predicted molar refractivity (Wildman–Crippen MR) is 70.8 cm³/mol. The Labute approximate surface area is 102 Å². The van der Waals surface area contributed by atoms with E-state index in [2.05, 4.69) is 17.1 Å². The summed E-state index contributed by atoms with van der Waals surface area (Å²) in [4.78, 5) is 3.98. The van der Waals surface area contributed by atoms with Gasteiger partial charge in [-0.25, -0.2) is 0 Å². The van der Waals surface area contributed by atoms with Crippen molar-refractivity contribution in [3.63, 3.8) is 0 Å². The average Bonchev–Trinajstić information content (AvgIpc) is 2.40. The van der Waals surface area contributed by atoms with Crippen molar-refractivity contribution in [3.05, 3.63) is 59.9 Å². The number of benzene rings is 1. The quantitative estimate of drug-likeness (QED) is 0.792. The lowest BCUT2D eigenvalue weighted by Crippen LogP contribution is -1.90. The largest absolute Gasteiger partial charge is 0.494 e. The minimum absolute atomic E-state index is 0.701. The van der Waals surface area contributed by atoms with Gasteiger partial charge in [-0.3, -0.25) is 4.98 Å². The molecule has 2 aromatic rings. The highest BCUT2D eigenvalue weighted by molar-refractivity contribution is 5.69. The van der Waals surface area contributed by atoms with Crippen LogP contribution in [0.2, 0.25) is 0 Å². The minimum Gasteiger partial charge on any atom is -0.494 e. The molecule has 0 atom stereocenters. The molecule has 0 aliphatic rings. The summed E-state index contributed by atoms with van der Waals surface area (Å²) >= 11 is 0. The molecule has 2 nitrogen and oxygen atoms in total. The molecular weight excluding hydrogens is 210 g/mol. The van der Waals surface area contributed by atoms with Crippen molar-refractivity contribution in [2.75, 3.05) is 6.61 Å². The normalized spacial score (nSPS) is 10.6. The highest BCUT2D eigenvalue weighted by atomic mass is 16.5. The van der Waals surface area contributed by atoms with Gasteiger partial charge < -0.3 is 4.74 Å². The summed E-state index contributed by atoms with van der Waals surface area (Å²) in [6.07, 6.45) is 7.72. The Bertz CT molecular complexity index is 474. The molecule has 1 heterocycles. The molecule has 0 fully saturated rings. The van der Waals surface area contributed by atoms with Crippen LogP contribution in [0, 0.1) is 0 Å². The third-order valence-corrected chi connectivity index (χ3v) is 2.37. The molecule has 2 heteroatoms. The summed E-state index contributed by atoms with van der Waals surface area (Å²) in [5.41, 5.74) is 2.30. The molecule has 17 heavy (non-hydrogen) atoms. The predicted octanol–water partition coefficient (Wildman–Crippen LogP) is 3.65. The number of pyridine rings is 1. The van der Waals surface area contributed by atoms with Crippen molar-refractivity contribution >= 4 is 12.2 Å². The van der Waals surface area contributed by atoms with E-state index in [9.17, 15) is 0 Å². The van der Waals surface area contributed by atoms with E-state index in [-0.39, 0.29) is 0 Å². The molecule has 0 radical (unpaired) electrons. The molecule has 0 N–H and O–H groups in total. The van der Waals surface area contributed by atoms with Crippen molar-refractivity contribution in [3.8, 4) is 5.75 Å². The van der Waals surface area contributed by atoms with Crippen molar-refractivity contribution < 1.29 is 4.74 Å². The summed E-state index contributed by atoms with van der Waals surface area (Å²) in [5, 5.41) is 0. The second kappa shape index (κ2) is 5.85. The second-order valence-electron chi connectivity index (χ2n) is 3.62. The molecule has 0 unspecified atom stereocenters. The smallest absolute Gasteiger partial charge is 0.119 e. The van der Waals surface area contributed by atoms with E-state index < -0.39 is 0 Å². The third-order valence-electron chi connectivity index (χ3n) is 2.37. The Morgan fingerprint density at radius 3 is 2.12 bits per heavy atom. The van der Waals surface area contributed by atoms with Crippen LogP contribution in [-0.2, 0) is 0 Å². The number of aromatic nitrogens is 1. The van der Waals surface area contributed by atoms with Gasteiger partial charge in [0.05, 0.1) is 6.61 Å². The molecule has 0 aliphatic carbocycles. The maximum Gasteiger partial charge on any atom is 0.119 e. The Morgan fingerprint density at radius 1 is 0.941 bits per heavy atom. The first-order valence-corrected chi connectivity index (χ1v) is 5.69. The lowest BCUT2D eigenvalue weighted by molar-refractivity contribution is 0.340. The van der Waals surface area contributed by atoms with Gasteiger partial charge in [0.1, 0.15) is 5.75 Å². The van der Waals surface area contributed by atoms with Gasteiger partial charge in [0, 0.05) is 12.4 Å². The van der Waals surface area contributed by atoms with E-state index in [1.165, 1.54) is 0 Å². The summed E-state index contributed by atoms with van der Waals surface area (Å²) in [6, 6.07) is 12.0. The number of hydrogen-bond acceptors (Lipinski definition) is 2. The molecule has 0 aliphatic heterocycles. The number of hydrogen-bond donors (Lipinski definition) is 0. The van der Waals surface area contributed by atoms with Crippen LogP contribution in [0.5, 0.6) is 5.75 Å². The van der Waals surface area contributed by atoms with Crippen molar-refractivity contribution in [2.45, 2.75) is 6.92 Å². The summed E-state index contributed by atoms with van der Waals surface area (Å²) in [5.74, 6) is 0.911. The van der Waals surface area contributed by atoms with Crippen LogP contribution in [0.1, 0.15) is 18.1 Å². The molecule has 86 valence electrons. The summed E-state index contributed by atoms with van der Waals surface area (Å²) in [7, 11) is 0. The highest BCUT2D eigenvalue weighted by Crippen LogP contribution is 2.14. The summed E-state index contributed by atoms with van der Waals surface area (Å²) in [6.45, 7) is 2.68. The molecule has 0 amide bonds. The second-order valence-corrected chi connectivity index (χ2v) is 3.62. The summed E-state index contributed by atoms with van der Waals surface area (Å²) < 4.78 is 5.39. The van der Waals surface area contributed by atoms with E-state index in [1.54, 1.807) is 12.4 Å². The minimum atomic E-state index is 0.701. The Hall–Kier alpha value is -2.09. The Balaban J connectivity index is 2.06. The number of nitrogens with zero attached hydrogens (tertiary/aromatic N) is 1. The number of rotatable bonds is 4. The fourth-order valence-electron chi connectivity index (χ4n) is 1.51. The van der Waals surface area contributed by atoms with Crippen LogP contribution < -0.4 is 4.74 Å². The standard InChI is InChI=1S/C15H15NO/c1-2-17-15-7-5-13(6-8-15)3-4-14-9-11-16-12-10-14/h3-12H,2H2,1H3. The zero-order valence-electron chi connectivity index (χ0n) is 9.84. The average molecular weight is 225 g/mol. The SMILES string of the molecule is CCOc1ccc(C=Cc2ccncc2)cc1. The monoisotopic (exact) mass is 225 g/mol. The van der Waals surface area contributed by atoms with Crippen molar-refractivity contribution in [1.29, 1.82) is 0 Å². The van der Waals surface area contributed by atoms with Gasteiger partial charge in [0.15, 0.2) is 0 Å². The molecule has 0 saturated heterocycles. The van der Waals surface area contributed by atoms with Gasteiger partial charge in [-0.15, -0.1) is 0 Å². The number of ether oxygens (including phenoxy) is 1. The van der Waals surface area contributed by atoms with Gasteiger partial charge in [-0.1, -0.05) is 24.3 Å². The molecule has 0 bridgehead atoms. The molecular formula is C15H15NO. The molecule has 1 aromatic carbocycles. The first kappa shape index (κ1) is 11.4. The first-order chi connectivity index (χ1) is 8.38. The van der Waals surface area contributed by atoms with Crippen LogP contribution in [0.4, 0.5) is 0 Å². The Kier molecular flexibility index (Phi) is 3.92. The van der Waals surface area contributed by atoms with Gasteiger partial charge in [-0.2, -0.15) is 0 Å². The highest BCUT2D eigenvalue weighted by Gasteiger charge is 1.91. The lowest BCUT2D eigenvalue weighted by Gasteiger charge is -2.02. The molecule has 0 spiro atoms. The van der Waals surface area contributed by atoms with E-state index in [0.717, 1.165) is 16.9 Å². The molecule has 2 rings (SSSR count). The first-order valence-electron chi connectivity index (χ1n) is 5.69. The van der Waals surface area contributed by atoms with Gasteiger partial charge in [-0.05, 0) is 42.3 Å². The third kappa shape index (κ3) is 3.45. The van der Waals surface area contributed by atoms with Crippen molar-refractivity contribution in [2.24, 2.45) is 0 Å². The van der Waals surface area contributed by atoms with Crippen LogP contribution in [0.25, 0.3) is 12.2 Å². The lowest BCUT2D eigenvalue weighted by atomic mass is 10.1. The van der Waals surface area contributed by atoms with Gasteiger partial charge >= 0.3 is 0 Å². The van der Waals surface area contributed by atoms with E-state index in [0.29, 0.717) is 6.61 Å². The molecule has 1 aromatic heterocycles. The van der Waals surface area contributed by atoms with Crippen LogP contribution >= 0.6 is 0 Å². The fraction of sp³-hybridized carbons (Fsp3) is 0.133. The van der Waals surface area contributed by atoms with Crippen molar-refractivity contribution in [1.82, 2.24) is 4.98 Å². The fourth-order valence-corrected chi connectivity index (χ4v) is 1.51. The topological polar surface area (TPSA) is 22.1 Å². The van der Waals surface area contributed by atoms with Gasteiger partial charge in [0.2, 0.25) is 0 Å². The molecule has 0 saturated carbocycles. The Morgan fingerprint density at radius 2 is 1.53 bits per heavy atom. The maximum absolute atomic E-state index is 5.39. The van der Waals surface area contributed by atoms with Gasteiger partial charge in [0.25, 0.3) is 0 Å². The van der Waals surface area contributed by atoms with E-state index in [4.69, 9.17) is 4.74 Å². The zero-order valence-corrected chi connectivity index (χ0v) is 9.84. The van der Waals surface area contributed by atoms with E-state index >= 15 is 0 Å². The van der Waals surface area contributed by atoms with E-state index in [1.807, 2.05) is 43.3 Å². The van der Waals surface area contributed by atoms with Crippen LogP contribution in [0.15, 0.2) is 48.8 Å². The zero-order chi connectivity index (χ0) is 11.9. The van der Waals surface area contributed by atoms with Crippen LogP contribution in [-0.4, -0.2) is 11.6 Å².